The number of ether oxygens (including phenoxy) is 1. The predicted octanol–water partition coefficient (Wildman–Crippen LogP) is 4.81. The van der Waals surface area contributed by atoms with E-state index in [2.05, 4.69) is 36.2 Å². The Bertz CT molecular complexity index is 909. The van der Waals surface area contributed by atoms with Crippen LogP contribution in [0.5, 0.6) is 5.75 Å². The Morgan fingerprint density at radius 3 is 2.48 bits per heavy atom. The normalized spacial score (nSPS) is 15.1. The maximum Gasteiger partial charge on any atom is 0.267 e. The second kappa shape index (κ2) is 9.80. The Kier molecular flexibility index (Phi) is 7.17. The lowest BCUT2D eigenvalue weighted by atomic mass is 10.1. The number of methoxy groups -OCH3 is 1. The molecule has 29 heavy (non-hydrogen) atoms. The van der Waals surface area contributed by atoms with Gasteiger partial charge in [0.25, 0.3) is 5.91 Å². The zero-order valence-corrected chi connectivity index (χ0v) is 18.5. The van der Waals surface area contributed by atoms with E-state index in [9.17, 15) is 4.79 Å². The van der Waals surface area contributed by atoms with Gasteiger partial charge in [-0.1, -0.05) is 48.2 Å². The number of hydrogen-bond acceptors (Lipinski definition) is 6. The number of nitrogens with zero attached hydrogens (tertiary/aromatic N) is 2. The molecule has 1 fully saturated rings. The number of amides is 1. The number of para-hydroxylation sites is 2. The Balaban J connectivity index is 1.69. The van der Waals surface area contributed by atoms with Crippen molar-refractivity contribution in [3.63, 3.8) is 0 Å². The van der Waals surface area contributed by atoms with Crippen LogP contribution in [0, 0.1) is 0 Å². The molecule has 0 aromatic heterocycles. The van der Waals surface area contributed by atoms with Crippen LogP contribution in [0.3, 0.4) is 0 Å². The second-order valence-corrected chi connectivity index (χ2v) is 8.08. The van der Waals surface area contributed by atoms with Crippen molar-refractivity contribution in [2.24, 2.45) is 0 Å². The van der Waals surface area contributed by atoms with Crippen LogP contribution in [0.2, 0.25) is 0 Å². The number of thiocarbonyl (C=S) groups is 1. The lowest BCUT2D eigenvalue weighted by Gasteiger charge is -2.20. The third-order valence-electron chi connectivity index (χ3n) is 4.73. The van der Waals surface area contributed by atoms with Gasteiger partial charge < -0.3 is 15.0 Å². The molecule has 0 unspecified atom stereocenters. The molecule has 0 bridgehead atoms. The van der Waals surface area contributed by atoms with Crippen molar-refractivity contribution in [3.05, 3.63) is 59.0 Å². The Hall–Kier alpha value is -2.51. The number of carbonyl (C=O) groups is 1. The van der Waals surface area contributed by atoms with Crippen molar-refractivity contribution < 1.29 is 9.53 Å². The van der Waals surface area contributed by atoms with E-state index in [0.29, 0.717) is 15.9 Å². The SMILES string of the molecule is CCN(CC)c1ccc(/C=C2/SC(=S)N(CNc3ccccc3OC)C2=O)cc1. The van der Waals surface area contributed by atoms with Crippen molar-refractivity contribution in [1.82, 2.24) is 4.90 Å². The van der Waals surface area contributed by atoms with Gasteiger partial charge >= 0.3 is 0 Å². The van der Waals surface area contributed by atoms with Crippen LogP contribution in [0.1, 0.15) is 19.4 Å². The monoisotopic (exact) mass is 427 g/mol. The van der Waals surface area contributed by atoms with E-state index in [0.717, 1.165) is 30.1 Å². The van der Waals surface area contributed by atoms with E-state index in [4.69, 9.17) is 17.0 Å². The largest absolute Gasteiger partial charge is 0.495 e. The van der Waals surface area contributed by atoms with Crippen LogP contribution in [0.4, 0.5) is 11.4 Å². The first-order valence-electron chi connectivity index (χ1n) is 9.54. The smallest absolute Gasteiger partial charge is 0.267 e. The zero-order chi connectivity index (χ0) is 20.8. The molecule has 1 saturated heterocycles. The summed E-state index contributed by atoms with van der Waals surface area (Å²) in [5, 5.41) is 3.23. The van der Waals surface area contributed by atoms with Crippen LogP contribution in [-0.4, -0.2) is 42.0 Å². The average Bonchev–Trinajstić information content (AvgIpc) is 3.01. The molecule has 1 amide bonds. The lowest BCUT2D eigenvalue weighted by molar-refractivity contribution is -0.121. The van der Waals surface area contributed by atoms with E-state index >= 15 is 0 Å². The van der Waals surface area contributed by atoms with Crippen LogP contribution in [0.25, 0.3) is 6.08 Å². The molecule has 0 saturated carbocycles. The molecular weight excluding hydrogens is 402 g/mol. The summed E-state index contributed by atoms with van der Waals surface area (Å²) in [7, 11) is 1.62. The number of benzene rings is 2. The molecule has 1 aliphatic rings. The van der Waals surface area contributed by atoms with E-state index in [1.807, 2.05) is 42.5 Å². The van der Waals surface area contributed by atoms with E-state index in [-0.39, 0.29) is 5.91 Å². The summed E-state index contributed by atoms with van der Waals surface area (Å²) in [6.07, 6.45) is 1.90. The van der Waals surface area contributed by atoms with Crippen LogP contribution in [0.15, 0.2) is 53.4 Å². The van der Waals surface area contributed by atoms with Gasteiger partial charge in [-0.2, -0.15) is 0 Å². The maximum absolute atomic E-state index is 12.8. The van der Waals surface area contributed by atoms with Gasteiger partial charge in [-0.05, 0) is 49.8 Å². The van der Waals surface area contributed by atoms with Gasteiger partial charge in [0.2, 0.25) is 0 Å². The number of carbonyl (C=O) groups excluding carboxylic acids is 1. The summed E-state index contributed by atoms with van der Waals surface area (Å²) in [6, 6.07) is 15.8. The van der Waals surface area contributed by atoms with Crippen molar-refractivity contribution in [3.8, 4) is 5.75 Å². The molecule has 152 valence electrons. The number of hydrogen-bond donors (Lipinski definition) is 1. The molecule has 3 rings (SSSR count). The van der Waals surface area contributed by atoms with Gasteiger partial charge in [-0.3, -0.25) is 9.69 Å². The summed E-state index contributed by atoms with van der Waals surface area (Å²) in [4.78, 5) is 17.3. The molecule has 0 radical (unpaired) electrons. The maximum atomic E-state index is 12.8. The van der Waals surface area contributed by atoms with E-state index in [1.54, 1.807) is 12.0 Å². The van der Waals surface area contributed by atoms with E-state index in [1.165, 1.54) is 17.4 Å². The van der Waals surface area contributed by atoms with Crippen molar-refractivity contribution >= 4 is 51.7 Å². The standard InChI is InChI=1S/C22H25N3O2S2/c1-4-24(5-2)17-12-10-16(11-13-17)14-20-21(26)25(22(28)29-20)15-23-18-8-6-7-9-19(18)27-3/h6-14,23H,4-5,15H2,1-3H3/b20-14+. The summed E-state index contributed by atoms with van der Waals surface area (Å²) in [5.41, 5.74) is 2.99. The molecule has 2 aromatic rings. The van der Waals surface area contributed by atoms with Gasteiger partial charge in [0.05, 0.1) is 24.4 Å². The van der Waals surface area contributed by atoms with Gasteiger partial charge in [0.15, 0.2) is 0 Å². The van der Waals surface area contributed by atoms with Crippen LogP contribution in [-0.2, 0) is 4.79 Å². The number of anilines is 2. The molecular formula is C22H25N3O2S2. The number of thioether (sulfide) groups is 1. The molecule has 0 atom stereocenters. The fourth-order valence-electron chi connectivity index (χ4n) is 3.11. The molecule has 0 spiro atoms. The van der Waals surface area contributed by atoms with Crippen LogP contribution >= 0.6 is 24.0 Å². The summed E-state index contributed by atoms with van der Waals surface area (Å²) < 4.78 is 5.88. The minimum atomic E-state index is -0.0878. The highest BCUT2D eigenvalue weighted by molar-refractivity contribution is 8.26. The topological polar surface area (TPSA) is 44.8 Å². The summed E-state index contributed by atoms with van der Waals surface area (Å²) in [5.74, 6) is 0.636. The van der Waals surface area contributed by atoms with Crippen molar-refractivity contribution in [2.45, 2.75) is 13.8 Å². The van der Waals surface area contributed by atoms with Gasteiger partial charge in [-0.15, -0.1) is 0 Å². The quantitative estimate of drug-likeness (QED) is 0.482. The fraction of sp³-hybridized carbons (Fsp3) is 0.273. The molecule has 0 aliphatic carbocycles. The Labute approximate surface area is 181 Å². The molecule has 1 heterocycles. The minimum Gasteiger partial charge on any atom is -0.495 e. The third kappa shape index (κ3) is 4.92. The highest BCUT2D eigenvalue weighted by Gasteiger charge is 2.31. The number of nitrogens with one attached hydrogen (secondary N) is 1. The summed E-state index contributed by atoms with van der Waals surface area (Å²) >= 11 is 6.75. The first-order chi connectivity index (χ1) is 14.1. The highest BCUT2D eigenvalue weighted by atomic mass is 32.2. The molecule has 1 N–H and O–H groups in total. The summed E-state index contributed by atoms with van der Waals surface area (Å²) in [6.45, 7) is 6.51. The van der Waals surface area contributed by atoms with Crippen molar-refractivity contribution in [1.29, 1.82) is 0 Å². The fourth-order valence-corrected chi connectivity index (χ4v) is 4.37. The second-order valence-electron chi connectivity index (χ2n) is 6.41. The Morgan fingerprint density at radius 2 is 1.83 bits per heavy atom. The van der Waals surface area contributed by atoms with Gasteiger partial charge in [0.1, 0.15) is 10.1 Å². The number of rotatable bonds is 8. The first-order valence-corrected chi connectivity index (χ1v) is 10.8. The first kappa shape index (κ1) is 21.2. The minimum absolute atomic E-state index is 0.0878. The average molecular weight is 428 g/mol. The van der Waals surface area contributed by atoms with Gasteiger partial charge in [0, 0.05) is 18.8 Å². The molecule has 5 nitrogen and oxygen atoms in total. The lowest BCUT2D eigenvalue weighted by Crippen LogP contribution is -2.33. The predicted molar refractivity (Wildman–Crippen MR) is 126 cm³/mol. The molecule has 7 heteroatoms. The molecule has 1 aliphatic heterocycles. The molecule has 2 aromatic carbocycles. The van der Waals surface area contributed by atoms with E-state index < -0.39 is 0 Å². The van der Waals surface area contributed by atoms with Crippen LogP contribution < -0.4 is 15.0 Å². The van der Waals surface area contributed by atoms with Crippen molar-refractivity contribution in [2.75, 3.05) is 37.1 Å². The highest BCUT2D eigenvalue weighted by Crippen LogP contribution is 2.33. The third-order valence-corrected chi connectivity index (χ3v) is 6.11. The Morgan fingerprint density at radius 1 is 1.14 bits per heavy atom. The van der Waals surface area contributed by atoms with Gasteiger partial charge in [-0.25, -0.2) is 0 Å². The zero-order valence-electron chi connectivity index (χ0n) is 16.8.